The molecule has 0 amide bonds. The van der Waals surface area contributed by atoms with Gasteiger partial charge in [0.15, 0.2) is 12.6 Å². The van der Waals surface area contributed by atoms with E-state index >= 15 is 0 Å². The topological polar surface area (TPSA) is 178 Å². The number of hydrogen-bond acceptors (Lipinski definition) is 14. The summed E-state index contributed by atoms with van der Waals surface area (Å²) in [6, 6.07) is 10.0. The van der Waals surface area contributed by atoms with Crippen LogP contribution in [-0.4, -0.2) is 150 Å². The average molecular weight is 893 g/mol. The van der Waals surface area contributed by atoms with E-state index in [1.165, 1.54) is 5.56 Å². The predicted octanol–water partition coefficient (Wildman–Crippen LogP) is 5.93. The van der Waals surface area contributed by atoms with Crippen LogP contribution in [0, 0.1) is 29.6 Å². The van der Waals surface area contributed by atoms with Crippen LogP contribution in [0.2, 0.25) is 0 Å². The number of aliphatic hydroxyl groups excluding tert-OH is 3. The first-order valence-electron chi connectivity index (χ1n) is 23.5. The third kappa shape index (κ3) is 12.9. The first-order valence-corrected chi connectivity index (χ1v) is 23.5. The molecule has 18 atom stereocenters. The highest BCUT2D eigenvalue weighted by Crippen LogP contribution is 2.43. The minimum absolute atomic E-state index is 0.0447. The Bertz CT molecular complexity index is 1580. The number of carbonyl (C=O) groups excluding carboxylic acids is 1. The van der Waals surface area contributed by atoms with Crippen molar-refractivity contribution in [1.82, 2.24) is 4.90 Å². The molecule has 4 N–H and O–H groups in total. The molecule has 0 spiro atoms. The van der Waals surface area contributed by atoms with E-state index in [-0.39, 0.29) is 30.8 Å². The quantitative estimate of drug-likeness (QED) is 0.128. The van der Waals surface area contributed by atoms with Gasteiger partial charge in [-0.2, -0.15) is 0 Å². The maximum absolute atomic E-state index is 14.7. The summed E-state index contributed by atoms with van der Waals surface area (Å²) < 4.78 is 39.0. The number of carbonyl (C=O) groups is 1. The molecule has 0 radical (unpaired) electrons. The molecule has 63 heavy (non-hydrogen) atoms. The van der Waals surface area contributed by atoms with Gasteiger partial charge in [-0.1, -0.05) is 76.5 Å². The van der Waals surface area contributed by atoms with Gasteiger partial charge in [0.2, 0.25) is 0 Å². The van der Waals surface area contributed by atoms with Gasteiger partial charge in [0.1, 0.15) is 24.6 Å². The number of oxime groups is 1. The average Bonchev–Trinajstić information content (AvgIpc) is 3.24. The van der Waals surface area contributed by atoms with Crippen molar-refractivity contribution in [3.8, 4) is 0 Å². The lowest BCUT2D eigenvalue weighted by molar-refractivity contribution is -0.318. The van der Waals surface area contributed by atoms with E-state index in [0.717, 1.165) is 19.3 Å². The second-order valence-electron chi connectivity index (χ2n) is 20.0. The molecule has 1 aromatic carbocycles. The van der Waals surface area contributed by atoms with E-state index in [4.69, 9.17) is 38.4 Å². The molecule has 362 valence electrons. The van der Waals surface area contributed by atoms with E-state index in [1.54, 1.807) is 28.1 Å². The number of hydrogen-bond donors (Lipinski definition) is 4. The van der Waals surface area contributed by atoms with Crippen molar-refractivity contribution in [2.45, 2.75) is 199 Å². The van der Waals surface area contributed by atoms with Gasteiger partial charge >= 0.3 is 0 Å². The van der Waals surface area contributed by atoms with Gasteiger partial charge in [-0.15, -0.1) is 0 Å². The molecule has 14 nitrogen and oxygen atoms in total. The first kappa shape index (κ1) is 53.5. The maximum atomic E-state index is 14.7. The van der Waals surface area contributed by atoms with Crippen LogP contribution in [0.5, 0.6) is 0 Å². The van der Waals surface area contributed by atoms with Crippen molar-refractivity contribution in [3.05, 3.63) is 35.9 Å². The van der Waals surface area contributed by atoms with E-state index in [1.807, 2.05) is 92.6 Å². The highest BCUT2D eigenvalue weighted by atomic mass is 16.7. The van der Waals surface area contributed by atoms with Crippen LogP contribution in [0.3, 0.4) is 0 Å². The monoisotopic (exact) mass is 893 g/mol. The second kappa shape index (κ2) is 23.1. The Kier molecular flexibility index (Phi) is 19.6. The molecule has 2 heterocycles. The number of ether oxygens (including phenoxy) is 6. The Morgan fingerprint density at radius 3 is 2.11 bits per heavy atom. The van der Waals surface area contributed by atoms with Crippen LogP contribution in [0.15, 0.2) is 35.5 Å². The van der Waals surface area contributed by atoms with Gasteiger partial charge in [-0.3, -0.25) is 4.79 Å². The molecular weight excluding hydrogens is 809 g/mol. The molecule has 0 unspecified atom stereocenters. The van der Waals surface area contributed by atoms with Crippen LogP contribution in [0.25, 0.3) is 0 Å². The molecule has 0 aromatic heterocycles. The van der Waals surface area contributed by atoms with Crippen LogP contribution in [0.4, 0.5) is 0 Å². The van der Waals surface area contributed by atoms with Gasteiger partial charge in [0.05, 0.1) is 53.0 Å². The summed E-state index contributed by atoms with van der Waals surface area (Å²) in [6.07, 6.45) is -3.80. The Morgan fingerprint density at radius 2 is 1.51 bits per heavy atom. The minimum Gasteiger partial charge on any atom is -0.396 e. The number of Topliss-reactive ketones (excluding diaryl/α,β-unsaturated/α-hetero) is 1. The van der Waals surface area contributed by atoms with E-state index in [2.05, 4.69) is 12.1 Å². The van der Waals surface area contributed by atoms with Crippen LogP contribution in [-0.2, 0) is 44.5 Å². The van der Waals surface area contributed by atoms with Crippen molar-refractivity contribution in [1.29, 1.82) is 0 Å². The number of rotatable bonds is 14. The highest BCUT2D eigenvalue weighted by Gasteiger charge is 2.53. The molecule has 0 bridgehead atoms. The van der Waals surface area contributed by atoms with Crippen LogP contribution < -0.4 is 0 Å². The summed E-state index contributed by atoms with van der Waals surface area (Å²) in [5, 5.41) is 52.1. The number of unbranched alkanes of at least 4 members (excludes halogenated alkanes) is 1. The van der Waals surface area contributed by atoms with Gasteiger partial charge in [-0.25, -0.2) is 0 Å². The van der Waals surface area contributed by atoms with Gasteiger partial charge in [-0.05, 0) is 92.3 Å². The Morgan fingerprint density at radius 1 is 0.857 bits per heavy atom. The molecule has 1 aliphatic carbocycles. The summed E-state index contributed by atoms with van der Waals surface area (Å²) in [5.74, 6) is -3.26. The van der Waals surface area contributed by atoms with Gasteiger partial charge in [0, 0.05) is 56.8 Å². The van der Waals surface area contributed by atoms with Gasteiger partial charge < -0.3 is 58.6 Å². The zero-order valence-electron chi connectivity index (χ0n) is 40.9. The van der Waals surface area contributed by atoms with Crippen LogP contribution >= 0.6 is 0 Å². The molecule has 1 aromatic rings. The maximum Gasteiger partial charge on any atom is 0.185 e. The first-order chi connectivity index (χ1) is 29.5. The normalized spacial score (nSPS) is 43.2. The Labute approximate surface area is 378 Å². The summed E-state index contributed by atoms with van der Waals surface area (Å²) in [5.41, 5.74) is -2.04. The number of ketones is 1. The molecule has 14 heteroatoms. The lowest BCUT2D eigenvalue weighted by atomic mass is 9.69. The number of methoxy groups -OCH3 is 2. The number of aliphatic hydroxyl groups is 4. The SMILES string of the molecule is CC[C@H]1CC(=O)[C@H](C)[C@@H](O[C@H]2C[C@@](C)(OC)[C@@H](O)[C@H](C)O2)[C@H](C)[C@@H](O[C@@H]2O[C@H](C)C[C@H](N(C)C)[C@H]2O)[C@](C)(OC)C[C@@H](C)/C(=N\OCCCCc2ccccc2)[C@H](C)[C@@H](O)[C@]1(C)O. The molecule has 2 saturated heterocycles. The van der Waals surface area contributed by atoms with Crippen LogP contribution in [0.1, 0.15) is 120 Å². The summed E-state index contributed by atoms with van der Waals surface area (Å²) >= 11 is 0. The van der Waals surface area contributed by atoms with Crippen molar-refractivity contribution in [2.75, 3.05) is 34.9 Å². The van der Waals surface area contributed by atoms with E-state index in [9.17, 15) is 25.2 Å². The van der Waals surface area contributed by atoms with E-state index in [0.29, 0.717) is 31.6 Å². The number of aryl methyl sites for hydroxylation is 1. The molecule has 3 fully saturated rings. The lowest BCUT2D eigenvalue weighted by Gasteiger charge is -2.50. The van der Waals surface area contributed by atoms with Gasteiger partial charge in [0.25, 0.3) is 0 Å². The summed E-state index contributed by atoms with van der Waals surface area (Å²) in [7, 11) is 6.99. The predicted molar refractivity (Wildman–Crippen MR) is 242 cm³/mol. The summed E-state index contributed by atoms with van der Waals surface area (Å²) in [6.45, 7) is 18.9. The Hall–Kier alpha value is -2.08. The third-order valence-electron chi connectivity index (χ3n) is 14.9. The molecule has 3 aliphatic rings. The smallest absolute Gasteiger partial charge is 0.185 e. The van der Waals surface area contributed by atoms with Crippen molar-refractivity contribution >= 4 is 11.5 Å². The Balaban J connectivity index is 1.83. The molecule has 1 saturated carbocycles. The van der Waals surface area contributed by atoms with Crippen molar-refractivity contribution < 1.29 is 58.5 Å². The van der Waals surface area contributed by atoms with Crippen molar-refractivity contribution in [2.24, 2.45) is 34.7 Å². The highest BCUT2D eigenvalue weighted by molar-refractivity contribution is 5.89. The lowest BCUT2D eigenvalue weighted by Crippen LogP contribution is -2.61. The fraction of sp³-hybridized carbons (Fsp3) is 0.837. The largest absolute Gasteiger partial charge is 0.396 e. The molecular formula is C49H84N2O12. The minimum atomic E-state index is -1.69. The fourth-order valence-corrected chi connectivity index (χ4v) is 10.5. The standard InChI is InChI=1S/C49H84N2O12/c1-15-36-26-38(52)31(4)42(62-39-28-47(8,57-13)44(55)34(7)61-39)33(6)45(63-46-41(53)37(51(11)12)25-30(3)60-46)48(9,58-14)27-29(2)40(32(5)43(54)49(36,10)56)50-59-24-20-19-23-35-21-17-16-18-22-35/h16-18,21-22,29-34,36-37,39,41-46,53-56H,15,19-20,23-28H2,1-14H3/b50-40+/t29-,30-,31+,32+,33+,34+,36+,37+,39+,41-,42-,43-,44+,45-,46+,47-,48-,49-/m1/s1. The molecule has 2 aliphatic heterocycles. The van der Waals surface area contributed by atoms with Crippen molar-refractivity contribution in [3.63, 3.8) is 0 Å². The molecule has 4 rings (SSSR count). The van der Waals surface area contributed by atoms with E-state index < -0.39 is 95.6 Å². The number of likely N-dealkylation sites (N-methyl/N-ethyl adjacent to an activating group) is 1. The summed E-state index contributed by atoms with van der Waals surface area (Å²) in [4.78, 5) is 22.8. The zero-order chi connectivity index (χ0) is 47.0. The second-order valence-corrected chi connectivity index (χ2v) is 20.0. The number of benzene rings is 1. The fourth-order valence-electron chi connectivity index (χ4n) is 10.5. The third-order valence-corrected chi connectivity index (χ3v) is 14.9. The zero-order valence-corrected chi connectivity index (χ0v) is 40.9. The number of nitrogens with zero attached hydrogens (tertiary/aromatic N) is 2.